The maximum atomic E-state index is 12.9. The van der Waals surface area contributed by atoms with Crippen LogP contribution in [0.5, 0.6) is 0 Å². The minimum Gasteiger partial charge on any atom is -0.345 e. The number of rotatable bonds is 5. The molecule has 5 nitrogen and oxygen atoms in total. The van der Waals surface area contributed by atoms with Gasteiger partial charge in [0.05, 0.1) is 5.56 Å². The van der Waals surface area contributed by atoms with Gasteiger partial charge >= 0.3 is 0 Å². The van der Waals surface area contributed by atoms with Gasteiger partial charge in [0.25, 0.3) is 11.8 Å². The molecule has 156 valence electrons. The molecule has 0 fully saturated rings. The molecular weight excluding hydrogens is 374 g/mol. The fraction of sp³-hybridized carbons (Fsp3) is 0.280. The van der Waals surface area contributed by atoms with Gasteiger partial charge in [-0.05, 0) is 67.8 Å². The molecule has 0 aliphatic rings. The monoisotopic (exact) mass is 403 g/mol. The Labute approximate surface area is 178 Å². The summed E-state index contributed by atoms with van der Waals surface area (Å²) < 4.78 is 2.10. The maximum Gasteiger partial charge on any atom is 0.257 e. The van der Waals surface area contributed by atoms with E-state index in [9.17, 15) is 9.59 Å². The zero-order chi connectivity index (χ0) is 22.0. The molecule has 2 aromatic carbocycles. The molecule has 0 saturated carbocycles. The highest BCUT2D eigenvalue weighted by molar-refractivity contribution is 6.05. The normalized spacial score (nSPS) is 10.9. The second-order valence-corrected chi connectivity index (χ2v) is 8.10. The van der Waals surface area contributed by atoms with E-state index in [-0.39, 0.29) is 11.8 Å². The van der Waals surface area contributed by atoms with Crippen molar-refractivity contribution in [2.24, 2.45) is 0 Å². The molecule has 3 rings (SSSR count). The molecular formula is C25H29N3O2. The van der Waals surface area contributed by atoms with E-state index < -0.39 is 0 Å². The quantitative estimate of drug-likeness (QED) is 0.639. The topological polar surface area (TPSA) is 54.3 Å². The Kier molecular flexibility index (Phi) is 6.11. The maximum absolute atomic E-state index is 12.9. The Morgan fingerprint density at radius 2 is 1.53 bits per heavy atom. The van der Waals surface area contributed by atoms with Crippen LogP contribution in [0.2, 0.25) is 0 Å². The Hall–Kier alpha value is -3.34. The molecule has 30 heavy (non-hydrogen) atoms. The number of nitrogens with one attached hydrogen (secondary N) is 1. The highest BCUT2D eigenvalue weighted by Crippen LogP contribution is 2.24. The summed E-state index contributed by atoms with van der Waals surface area (Å²) in [4.78, 5) is 26.4. The van der Waals surface area contributed by atoms with Crippen molar-refractivity contribution in [1.29, 1.82) is 0 Å². The SMILES string of the molecule is Cc1cc(C(=O)Nc2ccc(C(=O)N(C)C)cc2)c(C)n1-c1ccc(C(C)C)cc1. The molecule has 3 aromatic rings. The van der Waals surface area contributed by atoms with E-state index in [4.69, 9.17) is 0 Å². The fourth-order valence-electron chi connectivity index (χ4n) is 3.55. The minimum atomic E-state index is -0.167. The van der Waals surface area contributed by atoms with E-state index in [1.165, 1.54) is 10.5 Å². The van der Waals surface area contributed by atoms with Gasteiger partial charge in [0.15, 0.2) is 0 Å². The van der Waals surface area contributed by atoms with Crippen molar-refractivity contribution in [3.63, 3.8) is 0 Å². The van der Waals surface area contributed by atoms with Crippen LogP contribution in [0.25, 0.3) is 5.69 Å². The number of benzene rings is 2. The highest BCUT2D eigenvalue weighted by atomic mass is 16.2. The van der Waals surface area contributed by atoms with Crippen molar-refractivity contribution in [3.8, 4) is 5.69 Å². The van der Waals surface area contributed by atoms with Crippen LogP contribution in [-0.2, 0) is 0 Å². The minimum absolute atomic E-state index is 0.0695. The standard InChI is InChI=1S/C25H29N3O2/c1-16(2)19-9-13-22(14-10-19)28-17(3)15-23(18(28)4)24(29)26-21-11-7-20(8-12-21)25(30)27(5)6/h7-16H,1-6H3,(H,26,29). The molecule has 0 saturated heterocycles. The first-order chi connectivity index (χ1) is 14.2. The molecule has 0 aliphatic heterocycles. The Morgan fingerprint density at radius 1 is 0.933 bits per heavy atom. The van der Waals surface area contributed by atoms with Gasteiger partial charge in [-0.3, -0.25) is 9.59 Å². The molecule has 1 N–H and O–H groups in total. The largest absolute Gasteiger partial charge is 0.345 e. The summed E-state index contributed by atoms with van der Waals surface area (Å²) in [6.45, 7) is 8.30. The number of nitrogens with zero attached hydrogens (tertiary/aromatic N) is 2. The van der Waals surface area contributed by atoms with E-state index in [0.717, 1.165) is 17.1 Å². The molecule has 0 unspecified atom stereocenters. The average molecular weight is 404 g/mol. The second kappa shape index (κ2) is 8.57. The number of carbonyl (C=O) groups excluding carboxylic acids is 2. The third-order valence-electron chi connectivity index (χ3n) is 5.29. The number of hydrogen-bond acceptors (Lipinski definition) is 2. The van der Waals surface area contributed by atoms with Gasteiger partial charge in [0.1, 0.15) is 0 Å². The van der Waals surface area contributed by atoms with Crippen LogP contribution in [0.15, 0.2) is 54.6 Å². The lowest BCUT2D eigenvalue weighted by molar-refractivity contribution is 0.0827. The molecule has 0 radical (unpaired) electrons. The number of carbonyl (C=O) groups is 2. The van der Waals surface area contributed by atoms with Crippen LogP contribution >= 0.6 is 0 Å². The second-order valence-electron chi connectivity index (χ2n) is 8.10. The molecule has 0 bridgehead atoms. The Morgan fingerprint density at radius 3 is 2.07 bits per heavy atom. The van der Waals surface area contributed by atoms with Gasteiger partial charge in [-0.15, -0.1) is 0 Å². The van der Waals surface area contributed by atoms with Crippen LogP contribution in [-0.4, -0.2) is 35.4 Å². The molecule has 5 heteroatoms. The lowest BCUT2D eigenvalue weighted by Crippen LogP contribution is -2.21. The fourth-order valence-corrected chi connectivity index (χ4v) is 3.55. The number of hydrogen-bond donors (Lipinski definition) is 1. The summed E-state index contributed by atoms with van der Waals surface area (Å²) >= 11 is 0. The van der Waals surface area contributed by atoms with Gasteiger partial charge in [0.2, 0.25) is 0 Å². The molecule has 1 heterocycles. The third kappa shape index (κ3) is 4.30. The summed E-state index contributed by atoms with van der Waals surface area (Å²) in [7, 11) is 3.42. The van der Waals surface area contributed by atoms with Gasteiger partial charge < -0.3 is 14.8 Å². The number of anilines is 1. The average Bonchev–Trinajstić information content (AvgIpc) is 3.02. The van der Waals surface area contributed by atoms with Gasteiger partial charge in [-0.25, -0.2) is 0 Å². The van der Waals surface area contributed by atoms with Crippen molar-refractivity contribution in [1.82, 2.24) is 9.47 Å². The Bertz CT molecular complexity index is 1060. The van der Waals surface area contributed by atoms with Gasteiger partial charge in [-0.1, -0.05) is 26.0 Å². The number of amides is 2. The summed E-state index contributed by atoms with van der Waals surface area (Å²) in [6, 6.07) is 17.3. The van der Waals surface area contributed by atoms with Crippen LogP contribution < -0.4 is 5.32 Å². The Balaban J connectivity index is 1.82. The first kappa shape index (κ1) is 21.4. The predicted molar refractivity (Wildman–Crippen MR) is 122 cm³/mol. The van der Waals surface area contributed by atoms with Crippen LogP contribution in [0.3, 0.4) is 0 Å². The summed E-state index contributed by atoms with van der Waals surface area (Å²) in [5, 5.41) is 2.93. The molecule has 1 aromatic heterocycles. The van der Waals surface area contributed by atoms with Crippen molar-refractivity contribution < 1.29 is 9.59 Å². The van der Waals surface area contributed by atoms with E-state index >= 15 is 0 Å². The van der Waals surface area contributed by atoms with Crippen LogP contribution in [0.4, 0.5) is 5.69 Å². The smallest absolute Gasteiger partial charge is 0.257 e. The summed E-state index contributed by atoms with van der Waals surface area (Å²) in [5.41, 5.74) is 6.09. The van der Waals surface area contributed by atoms with Gasteiger partial charge in [0, 0.05) is 42.4 Å². The van der Waals surface area contributed by atoms with Crippen molar-refractivity contribution >= 4 is 17.5 Å². The molecule has 0 spiro atoms. The summed E-state index contributed by atoms with van der Waals surface area (Å²) in [5.74, 6) is 0.242. The first-order valence-electron chi connectivity index (χ1n) is 10.1. The lowest BCUT2D eigenvalue weighted by atomic mass is 10.0. The predicted octanol–water partition coefficient (Wildman–Crippen LogP) is 5.17. The van der Waals surface area contributed by atoms with Gasteiger partial charge in [-0.2, -0.15) is 0 Å². The van der Waals surface area contributed by atoms with Crippen molar-refractivity contribution in [2.75, 3.05) is 19.4 Å². The first-order valence-corrected chi connectivity index (χ1v) is 10.1. The molecule has 2 amide bonds. The van der Waals surface area contributed by atoms with E-state index in [1.807, 2.05) is 19.9 Å². The van der Waals surface area contributed by atoms with E-state index in [0.29, 0.717) is 22.7 Å². The van der Waals surface area contributed by atoms with Crippen LogP contribution in [0, 0.1) is 13.8 Å². The zero-order valence-electron chi connectivity index (χ0n) is 18.5. The molecule has 0 aliphatic carbocycles. The number of aryl methyl sites for hydroxylation is 1. The van der Waals surface area contributed by atoms with Crippen LogP contribution in [0.1, 0.15) is 57.4 Å². The van der Waals surface area contributed by atoms with Crippen molar-refractivity contribution in [2.45, 2.75) is 33.6 Å². The highest BCUT2D eigenvalue weighted by Gasteiger charge is 2.17. The zero-order valence-corrected chi connectivity index (χ0v) is 18.5. The van der Waals surface area contributed by atoms with E-state index in [2.05, 4.69) is 48.0 Å². The molecule has 0 atom stereocenters. The number of aromatic nitrogens is 1. The summed E-state index contributed by atoms with van der Waals surface area (Å²) in [6.07, 6.45) is 0. The lowest BCUT2D eigenvalue weighted by Gasteiger charge is -2.12. The van der Waals surface area contributed by atoms with E-state index in [1.54, 1.807) is 38.4 Å². The third-order valence-corrected chi connectivity index (χ3v) is 5.29. The van der Waals surface area contributed by atoms with Crippen molar-refractivity contribution in [3.05, 3.63) is 82.7 Å².